The molecule has 0 radical (unpaired) electrons. The lowest BCUT2D eigenvalue weighted by molar-refractivity contribution is -0.139. The summed E-state index contributed by atoms with van der Waals surface area (Å²) in [7, 11) is 0. The molecule has 1 saturated heterocycles. The molecule has 3 aliphatic rings. The van der Waals surface area contributed by atoms with Gasteiger partial charge in [-0.2, -0.15) is 0 Å². The lowest BCUT2D eigenvalue weighted by atomic mass is 9.89. The molecule has 174 valence electrons. The molecule has 0 unspecified atom stereocenters. The van der Waals surface area contributed by atoms with Crippen LogP contribution in [0.4, 0.5) is 0 Å². The number of aromatic nitrogens is 1. The topological polar surface area (TPSA) is 51.7 Å². The van der Waals surface area contributed by atoms with E-state index in [1.165, 1.54) is 16.7 Å². The maximum atomic E-state index is 12.8. The summed E-state index contributed by atoms with van der Waals surface area (Å²) in [6.45, 7) is 6.73. The molecule has 4 atom stereocenters. The number of hydrogen-bond acceptors (Lipinski definition) is 5. The second-order valence-corrected chi connectivity index (χ2v) is 9.82. The highest BCUT2D eigenvalue weighted by Crippen LogP contribution is 2.53. The molecule has 0 saturated carbocycles. The first-order chi connectivity index (χ1) is 16.5. The number of para-hydroxylation sites is 1. The van der Waals surface area contributed by atoms with Crippen LogP contribution in [0, 0.1) is 0 Å². The minimum absolute atomic E-state index is 0.0887. The van der Waals surface area contributed by atoms with Gasteiger partial charge in [-0.05, 0) is 47.2 Å². The Balaban J connectivity index is 1.49. The Hall–Kier alpha value is -3.02. The summed E-state index contributed by atoms with van der Waals surface area (Å²) < 4.78 is 12.0. The van der Waals surface area contributed by atoms with Crippen LogP contribution in [0.25, 0.3) is 10.9 Å². The van der Waals surface area contributed by atoms with Gasteiger partial charge in [0.2, 0.25) is 0 Å². The minimum Gasteiger partial charge on any atom is -0.463 e. The van der Waals surface area contributed by atoms with E-state index in [0.717, 1.165) is 22.9 Å². The molecule has 1 aromatic heterocycles. The van der Waals surface area contributed by atoms with Crippen LogP contribution in [0.2, 0.25) is 0 Å². The fourth-order valence-corrected chi connectivity index (χ4v) is 6.04. The molecule has 1 fully saturated rings. The Morgan fingerprint density at radius 1 is 1.18 bits per heavy atom. The lowest BCUT2D eigenvalue weighted by Crippen LogP contribution is -2.40. The number of esters is 1. The molecule has 0 bridgehead atoms. The number of carbonyl (C=O) groups is 1. The first kappa shape index (κ1) is 21.5. The molecule has 0 spiro atoms. The van der Waals surface area contributed by atoms with E-state index < -0.39 is 0 Å². The number of rotatable bonds is 4. The van der Waals surface area contributed by atoms with Crippen molar-refractivity contribution in [3.63, 3.8) is 0 Å². The van der Waals surface area contributed by atoms with Gasteiger partial charge < -0.3 is 9.47 Å². The third kappa shape index (κ3) is 3.38. The lowest BCUT2D eigenvalue weighted by Gasteiger charge is -2.39. The SMILES string of the molecule is CCOC(=O)C1=C[C@@H](c2cnc3ccccc3c2)N2[C@@H](C1)O[C@@H]1Cc3cccc(C(C)C)c3[C@@H]12. The van der Waals surface area contributed by atoms with Gasteiger partial charge >= 0.3 is 5.97 Å². The molecule has 3 aromatic rings. The molecule has 0 amide bonds. The van der Waals surface area contributed by atoms with Gasteiger partial charge in [0.25, 0.3) is 0 Å². The van der Waals surface area contributed by atoms with Crippen LogP contribution in [-0.2, 0) is 20.7 Å². The number of carbonyl (C=O) groups excluding carboxylic acids is 1. The van der Waals surface area contributed by atoms with Crippen molar-refractivity contribution in [3.05, 3.63) is 88.6 Å². The molecular formula is C29H30N2O3. The Labute approximate surface area is 200 Å². The number of hydrogen-bond donors (Lipinski definition) is 0. The summed E-state index contributed by atoms with van der Waals surface area (Å²) in [5.74, 6) is 0.189. The molecular weight excluding hydrogens is 424 g/mol. The fourth-order valence-electron chi connectivity index (χ4n) is 6.04. The van der Waals surface area contributed by atoms with Gasteiger partial charge in [-0.15, -0.1) is 0 Å². The minimum atomic E-state index is -0.246. The van der Waals surface area contributed by atoms with Gasteiger partial charge in [0.1, 0.15) is 6.23 Å². The highest BCUT2D eigenvalue weighted by molar-refractivity contribution is 5.89. The van der Waals surface area contributed by atoms with Crippen LogP contribution in [-0.4, -0.2) is 34.8 Å². The van der Waals surface area contributed by atoms with Gasteiger partial charge in [-0.25, -0.2) is 4.79 Å². The smallest absolute Gasteiger partial charge is 0.333 e. The average Bonchev–Trinajstić information content (AvgIpc) is 3.38. The van der Waals surface area contributed by atoms with Crippen molar-refractivity contribution >= 4 is 16.9 Å². The average molecular weight is 455 g/mol. The van der Waals surface area contributed by atoms with Crippen molar-refractivity contribution in [1.29, 1.82) is 0 Å². The molecule has 34 heavy (non-hydrogen) atoms. The maximum absolute atomic E-state index is 12.8. The van der Waals surface area contributed by atoms with Crippen LogP contribution >= 0.6 is 0 Å². The maximum Gasteiger partial charge on any atom is 0.333 e. The second-order valence-electron chi connectivity index (χ2n) is 9.82. The summed E-state index contributed by atoms with van der Waals surface area (Å²) in [5.41, 5.74) is 6.93. The molecule has 5 nitrogen and oxygen atoms in total. The van der Waals surface area contributed by atoms with E-state index in [1.807, 2.05) is 31.3 Å². The predicted molar refractivity (Wildman–Crippen MR) is 131 cm³/mol. The zero-order valence-corrected chi connectivity index (χ0v) is 19.9. The number of nitrogens with zero attached hydrogens (tertiary/aromatic N) is 2. The molecule has 5 heteroatoms. The van der Waals surface area contributed by atoms with Crippen molar-refractivity contribution in [1.82, 2.24) is 9.88 Å². The van der Waals surface area contributed by atoms with Crippen LogP contribution < -0.4 is 0 Å². The largest absolute Gasteiger partial charge is 0.463 e. The van der Waals surface area contributed by atoms with E-state index in [0.29, 0.717) is 24.5 Å². The van der Waals surface area contributed by atoms with Crippen molar-refractivity contribution in [2.24, 2.45) is 0 Å². The van der Waals surface area contributed by atoms with Crippen molar-refractivity contribution < 1.29 is 14.3 Å². The van der Waals surface area contributed by atoms with Crippen molar-refractivity contribution in [3.8, 4) is 0 Å². The van der Waals surface area contributed by atoms with Crippen LogP contribution in [0.5, 0.6) is 0 Å². The Morgan fingerprint density at radius 2 is 2.03 bits per heavy atom. The van der Waals surface area contributed by atoms with Gasteiger partial charge in [0.05, 0.1) is 30.3 Å². The molecule has 2 aliphatic heterocycles. The highest BCUT2D eigenvalue weighted by atomic mass is 16.5. The second kappa shape index (κ2) is 8.33. The van der Waals surface area contributed by atoms with E-state index in [-0.39, 0.29) is 30.4 Å². The van der Waals surface area contributed by atoms with Crippen LogP contribution in [0.1, 0.15) is 67.4 Å². The summed E-state index contributed by atoms with van der Waals surface area (Å²) >= 11 is 0. The number of ether oxygens (including phenoxy) is 2. The molecule has 6 rings (SSSR count). The molecule has 1 aliphatic carbocycles. The Bertz CT molecular complexity index is 1300. The number of fused-ring (bicyclic) bond motifs is 6. The first-order valence-corrected chi connectivity index (χ1v) is 12.3. The summed E-state index contributed by atoms with van der Waals surface area (Å²) in [6.07, 6.45) is 5.41. The summed E-state index contributed by atoms with van der Waals surface area (Å²) in [6, 6.07) is 17.1. The molecule has 2 aromatic carbocycles. The fraction of sp³-hybridized carbons (Fsp3) is 0.379. The normalized spacial score (nSPS) is 25.7. The highest BCUT2D eigenvalue weighted by Gasteiger charge is 2.52. The van der Waals surface area contributed by atoms with Crippen molar-refractivity contribution in [2.75, 3.05) is 6.61 Å². The quantitative estimate of drug-likeness (QED) is 0.479. The third-order valence-corrected chi connectivity index (χ3v) is 7.47. The number of pyridine rings is 1. The summed E-state index contributed by atoms with van der Waals surface area (Å²) in [5, 5.41) is 1.10. The zero-order chi connectivity index (χ0) is 23.4. The van der Waals surface area contributed by atoms with Gasteiger partial charge in [-0.3, -0.25) is 9.88 Å². The standard InChI is InChI=1S/C29H30N2O3/c1-4-33-29(32)20-13-24(21-12-18-8-5-6-11-23(18)30-16-21)31-26(15-20)34-25-14-19-9-7-10-22(17(2)3)27(19)28(25)31/h5-13,16-17,24-26,28H,4,14-15H2,1-3H3/t24-,25+,26+,28+/m0/s1. The Kier molecular flexibility index (Phi) is 5.27. The van der Waals surface area contributed by atoms with Gasteiger partial charge in [-0.1, -0.05) is 56.3 Å². The summed E-state index contributed by atoms with van der Waals surface area (Å²) in [4.78, 5) is 20.0. The van der Waals surface area contributed by atoms with Crippen LogP contribution in [0.3, 0.4) is 0 Å². The monoisotopic (exact) mass is 454 g/mol. The third-order valence-electron chi connectivity index (χ3n) is 7.47. The zero-order valence-electron chi connectivity index (χ0n) is 19.9. The van der Waals surface area contributed by atoms with Crippen molar-refractivity contribution in [2.45, 2.75) is 63.9 Å². The molecule has 3 heterocycles. The first-order valence-electron chi connectivity index (χ1n) is 12.3. The van der Waals surface area contributed by atoms with E-state index in [2.05, 4.69) is 55.2 Å². The van der Waals surface area contributed by atoms with E-state index in [1.54, 1.807) is 0 Å². The Morgan fingerprint density at radius 3 is 2.85 bits per heavy atom. The van der Waals surface area contributed by atoms with E-state index in [9.17, 15) is 4.79 Å². The van der Waals surface area contributed by atoms with Crippen LogP contribution in [0.15, 0.2) is 66.4 Å². The molecule has 0 N–H and O–H groups in total. The van der Waals surface area contributed by atoms with E-state index in [4.69, 9.17) is 14.5 Å². The predicted octanol–water partition coefficient (Wildman–Crippen LogP) is 5.62. The number of benzene rings is 2. The van der Waals surface area contributed by atoms with Gasteiger partial charge in [0.15, 0.2) is 0 Å². The van der Waals surface area contributed by atoms with E-state index >= 15 is 0 Å². The van der Waals surface area contributed by atoms with Gasteiger partial charge in [0, 0.05) is 30.0 Å².